The van der Waals surface area contributed by atoms with Gasteiger partial charge < -0.3 is 5.11 Å². The monoisotopic (exact) mass is 185 g/mol. The number of carboxylic acid groups (broad SMARTS) is 1. The number of hydrogen-bond acceptors (Lipinski definition) is 2. The summed E-state index contributed by atoms with van der Waals surface area (Å²) in [5.41, 5.74) is 8.09. The zero-order chi connectivity index (χ0) is 10.3. The summed E-state index contributed by atoms with van der Waals surface area (Å²) in [7, 11) is 0. The van der Waals surface area contributed by atoms with E-state index in [2.05, 4.69) is 10.0 Å². The van der Waals surface area contributed by atoms with E-state index < -0.39 is 5.97 Å². The molecular weight excluding hydrogens is 170 g/mol. The second-order valence-electron chi connectivity index (χ2n) is 3.51. The molecule has 0 fully saturated rings. The standard InChI is InChI=1S/C8H15N3O2/c1-6(2)3-7(4-8(12)13)5-10-11-9/h6-7H,3-5H2,1-2H3,(H,12,13)/t7-/m0/s1. The SMILES string of the molecule is CC(C)C[C@H](CN=[N+]=[N-])CC(=O)O. The topological polar surface area (TPSA) is 86.1 Å². The van der Waals surface area contributed by atoms with E-state index in [1.165, 1.54) is 0 Å². The Kier molecular flexibility index (Phi) is 5.72. The highest BCUT2D eigenvalue weighted by molar-refractivity contribution is 5.67. The predicted octanol–water partition coefficient (Wildman–Crippen LogP) is 2.43. The van der Waals surface area contributed by atoms with Crippen LogP contribution in [0.5, 0.6) is 0 Å². The summed E-state index contributed by atoms with van der Waals surface area (Å²) in [5, 5.41) is 12.0. The van der Waals surface area contributed by atoms with Gasteiger partial charge in [0.2, 0.25) is 0 Å². The van der Waals surface area contributed by atoms with Crippen molar-refractivity contribution in [2.24, 2.45) is 17.0 Å². The van der Waals surface area contributed by atoms with Gasteiger partial charge in [-0.25, -0.2) is 0 Å². The van der Waals surface area contributed by atoms with Gasteiger partial charge >= 0.3 is 5.97 Å². The van der Waals surface area contributed by atoms with Crippen LogP contribution in [-0.4, -0.2) is 17.6 Å². The van der Waals surface area contributed by atoms with Crippen molar-refractivity contribution >= 4 is 5.97 Å². The van der Waals surface area contributed by atoms with Gasteiger partial charge in [0.1, 0.15) is 0 Å². The molecule has 0 saturated carbocycles. The van der Waals surface area contributed by atoms with Crippen LogP contribution in [0.2, 0.25) is 0 Å². The molecule has 0 spiro atoms. The number of carboxylic acids is 1. The van der Waals surface area contributed by atoms with E-state index in [1.54, 1.807) is 0 Å². The van der Waals surface area contributed by atoms with Crippen LogP contribution in [0.25, 0.3) is 10.4 Å². The highest BCUT2D eigenvalue weighted by Crippen LogP contribution is 2.15. The number of hydrogen-bond donors (Lipinski definition) is 1. The van der Waals surface area contributed by atoms with Gasteiger partial charge in [-0.2, -0.15) is 0 Å². The Labute approximate surface area is 77.4 Å². The first-order valence-electron chi connectivity index (χ1n) is 4.29. The Morgan fingerprint density at radius 2 is 2.23 bits per heavy atom. The molecule has 0 amide bonds. The fourth-order valence-electron chi connectivity index (χ4n) is 1.29. The Balaban J connectivity index is 4.01. The highest BCUT2D eigenvalue weighted by Gasteiger charge is 2.13. The minimum absolute atomic E-state index is 0.0339. The average molecular weight is 185 g/mol. The summed E-state index contributed by atoms with van der Waals surface area (Å²) in [6.07, 6.45) is 0.864. The Morgan fingerprint density at radius 1 is 1.62 bits per heavy atom. The van der Waals surface area contributed by atoms with E-state index in [9.17, 15) is 4.79 Å². The largest absolute Gasteiger partial charge is 0.481 e. The van der Waals surface area contributed by atoms with E-state index in [0.29, 0.717) is 5.92 Å². The first kappa shape index (κ1) is 11.8. The maximum absolute atomic E-state index is 10.4. The normalized spacial score (nSPS) is 12.2. The van der Waals surface area contributed by atoms with Crippen molar-refractivity contribution in [3.8, 4) is 0 Å². The second kappa shape index (κ2) is 6.31. The van der Waals surface area contributed by atoms with Crippen LogP contribution in [0.3, 0.4) is 0 Å². The summed E-state index contributed by atoms with van der Waals surface area (Å²) in [6.45, 7) is 4.32. The van der Waals surface area contributed by atoms with E-state index in [0.717, 1.165) is 6.42 Å². The van der Waals surface area contributed by atoms with Crippen LogP contribution in [0.1, 0.15) is 26.7 Å². The lowest BCUT2D eigenvalue weighted by Crippen LogP contribution is -2.13. The highest BCUT2D eigenvalue weighted by atomic mass is 16.4. The summed E-state index contributed by atoms with van der Waals surface area (Å²) < 4.78 is 0. The van der Waals surface area contributed by atoms with Gasteiger partial charge in [0.15, 0.2) is 0 Å². The molecule has 0 unspecified atom stereocenters. The average Bonchev–Trinajstić information content (AvgIpc) is 1.98. The van der Waals surface area contributed by atoms with Crippen LogP contribution < -0.4 is 0 Å². The molecule has 0 aliphatic heterocycles. The molecule has 0 heterocycles. The molecule has 1 atom stereocenters. The van der Waals surface area contributed by atoms with Crippen molar-refractivity contribution in [1.29, 1.82) is 0 Å². The van der Waals surface area contributed by atoms with Gasteiger partial charge in [0.05, 0.1) is 0 Å². The van der Waals surface area contributed by atoms with Crippen LogP contribution >= 0.6 is 0 Å². The molecule has 13 heavy (non-hydrogen) atoms. The van der Waals surface area contributed by atoms with E-state index in [-0.39, 0.29) is 18.9 Å². The molecule has 0 aromatic rings. The van der Waals surface area contributed by atoms with Crippen LogP contribution in [0.4, 0.5) is 0 Å². The molecule has 0 aromatic heterocycles. The maximum Gasteiger partial charge on any atom is 0.303 e. The third-order valence-corrected chi connectivity index (χ3v) is 1.67. The Hall–Kier alpha value is -1.22. The van der Waals surface area contributed by atoms with Crippen LogP contribution in [-0.2, 0) is 4.79 Å². The zero-order valence-electron chi connectivity index (χ0n) is 7.97. The van der Waals surface area contributed by atoms with E-state index in [4.69, 9.17) is 10.6 Å². The lowest BCUT2D eigenvalue weighted by atomic mass is 9.94. The van der Waals surface area contributed by atoms with Crippen molar-refractivity contribution < 1.29 is 9.90 Å². The zero-order valence-corrected chi connectivity index (χ0v) is 7.97. The van der Waals surface area contributed by atoms with Crippen LogP contribution in [0, 0.1) is 11.8 Å². The first-order chi connectivity index (χ1) is 6.06. The number of aliphatic carboxylic acids is 1. The quantitative estimate of drug-likeness (QED) is 0.391. The van der Waals surface area contributed by atoms with Gasteiger partial charge in [-0.15, -0.1) is 0 Å². The van der Waals surface area contributed by atoms with Crippen molar-refractivity contribution in [2.45, 2.75) is 26.7 Å². The lowest BCUT2D eigenvalue weighted by molar-refractivity contribution is -0.138. The van der Waals surface area contributed by atoms with Gasteiger partial charge in [-0.05, 0) is 23.8 Å². The van der Waals surface area contributed by atoms with Crippen molar-refractivity contribution in [2.75, 3.05) is 6.54 Å². The van der Waals surface area contributed by atoms with E-state index in [1.807, 2.05) is 13.8 Å². The van der Waals surface area contributed by atoms with Gasteiger partial charge in [-0.3, -0.25) is 4.79 Å². The molecule has 0 aliphatic rings. The molecule has 5 heteroatoms. The van der Waals surface area contributed by atoms with Crippen molar-refractivity contribution in [3.05, 3.63) is 10.4 Å². The maximum atomic E-state index is 10.4. The van der Waals surface area contributed by atoms with Crippen molar-refractivity contribution in [1.82, 2.24) is 0 Å². The van der Waals surface area contributed by atoms with Crippen molar-refractivity contribution in [3.63, 3.8) is 0 Å². The minimum Gasteiger partial charge on any atom is -0.481 e. The molecule has 0 aliphatic carbocycles. The molecule has 0 rings (SSSR count). The third-order valence-electron chi connectivity index (χ3n) is 1.67. The number of azide groups is 1. The van der Waals surface area contributed by atoms with Crippen LogP contribution in [0.15, 0.2) is 5.11 Å². The molecule has 74 valence electrons. The predicted molar refractivity (Wildman–Crippen MR) is 49.2 cm³/mol. The molecule has 0 radical (unpaired) electrons. The third kappa shape index (κ3) is 7.15. The molecule has 0 saturated heterocycles. The number of nitrogens with zero attached hydrogens (tertiary/aromatic N) is 3. The van der Waals surface area contributed by atoms with E-state index >= 15 is 0 Å². The van der Waals surface area contributed by atoms with Gasteiger partial charge in [0.25, 0.3) is 0 Å². The van der Waals surface area contributed by atoms with Gasteiger partial charge in [-0.1, -0.05) is 19.0 Å². The fourth-order valence-corrected chi connectivity index (χ4v) is 1.29. The lowest BCUT2D eigenvalue weighted by Gasteiger charge is -2.13. The summed E-state index contributed by atoms with van der Waals surface area (Å²) in [4.78, 5) is 13.0. The number of carbonyl (C=O) groups is 1. The second-order valence-corrected chi connectivity index (χ2v) is 3.51. The minimum atomic E-state index is -0.834. The Bertz CT molecular complexity index is 205. The summed E-state index contributed by atoms with van der Waals surface area (Å²) in [5.74, 6) is -0.439. The fraction of sp³-hybridized carbons (Fsp3) is 0.875. The molecular formula is C8H15N3O2. The Morgan fingerprint density at radius 3 is 2.62 bits per heavy atom. The summed E-state index contributed by atoms with van der Waals surface area (Å²) in [6, 6.07) is 0. The molecule has 5 nitrogen and oxygen atoms in total. The first-order valence-corrected chi connectivity index (χ1v) is 4.29. The molecule has 0 bridgehead atoms. The van der Waals surface area contributed by atoms with Gasteiger partial charge in [0, 0.05) is 17.9 Å². The number of rotatable bonds is 6. The summed E-state index contributed by atoms with van der Waals surface area (Å²) >= 11 is 0. The smallest absolute Gasteiger partial charge is 0.303 e. The molecule has 0 aromatic carbocycles. The molecule has 1 N–H and O–H groups in total.